The number of rotatable bonds is 11. The fourth-order valence-corrected chi connectivity index (χ4v) is 5.64. The van der Waals surface area contributed by atoms with Crippen LogP contribution in [0.15, 0.2) is 18.5 Å². The van der Waals surface area contributed by atoms with E-state index in [0.29, 0.717) is 36.4 Å². The molecule has 36 heavy (non-hydrogen) atoms. The van der Waals surface area contributed by atoms with Gasteiger partial charge in [0.25, 0.3) is 0 Å². The number of aliphatic hydroxyl groups excluding tert-OH is 1. The van der Waals surface area contributed by atoms with Crippen molar-refractivity contribution in [1.82, 2.24) is 34.5 Å². The molecule has 0 spiro atoms. The molecular formula is C25H37N9O2. The van der Waals surface area contributed by atoms with Crippen molar-refractivity contribution in [3.8, 4) is 5.75 Å². The van der Waals surface area contributed by atoms with E-state index in [4.69, 9.17) is 15.5 Å². The number of pyridine rings is 1. The first kappa shape index (κ1) is 24.7. The quantitative estimate of drug-likeness (QED) is 0.361. The highest BCUT2D eigenvalue weighted by molar-refractivity contribution is 5.86. The maximum Gasteiger partial charge on any atom is 0.222 e. The number of aromatic nitrogens is 5. The molecule has 3 aromatic rings. The molecule has 0 unspecified atom stereocenters. The van der Waals surface area contributed by atoms with E-state index < -0.39 is 0 Å². The van der Waals surface area contributed by atoms with Crippen molar-refractivity contribution in [1.29, 1.82) is 0 Å². The molecule has 2 saturated heterocycles. The van der Waals surface area contributed by atoms with Gasteiger partial charge in [-0.3, -0.25) is 14.6 Å². The third-order valence-corrected chi connectivity index (χ3v) is 7.49. The Labute approximate surface area is 211 Å². The lowest BCUT2D eigenvalue weighted by atomic mass is 10.1. The molecule has 11 nitrogen and oxygen atoms in total. The first-order valence-electron chi connectivity index (χ1n) is 12.8. The van der Waals surface area contributed by atoms with Crippen LogP contribution in [0.1, 0.15) is 43.9 Å². The summed E-state index contributed by atoms with van der Waals surface area (Å²) in [6.07, 6.45) is 7.37. The van der Waals surface area contributed by atoms with Crippen molar-refractivity contribution in [2.24, 2.45) is 0 Å². The van der Waals surface area contributed by atoms with Crippen molar-refractivity contribution in [3.63, 3.8) is 0 Å². The fourth-order valence-electron chi connectivity index (χ4n) is 5.64. The highest BCUT2D eigenvalue weighted by Gasteiger charge is 2.41. The van der Waals surface area contributed by atoms with Crippen LogP contribution in [0.4, 0.5) is 11.8 Å². The largest absolute Gasteiger partial charge is 0.496 e. The molecule has 4 N–H and O–H groups in total. The van der Waals surface area contributed by atoms with Crippen LogP contribution in [0.2, 0.25) is 0 Å². The minimum Gasteiger partial charge on any atom is -0.496 e. The first-order valence-corrected chi connectivity index (χ1v) is 12.8. The number of likely N-dealkylation sites (tertiary alicyclic amines) is 2. The van der Waals surface area contributed by atoms with Gasteiger partial charge in [0.1, 0.15) is 16.8 Å². The van der Waals surface area contributed by atoms with E-state index in [2.05, 4.69) is 44.2 Å². The van der Waals surface area contributed by atoms with Gasteiger partial charge in [0.15, 0.2) is 5.82 Å². The minimum absolute atomic E-state index is 0.0805. The molecule has 0 amide bonds. The Hall–Kier alpha value is -3.02. The van der Waals surface area contributed by atoms with Crippen LogP contribution in [0.5, 0.6) is 5.75 Å². The molecule has 3 atom stereocenters. The lowest BCUT2D eigenvalue weighted by molar-refractivity contribution is 0.142. The molecule has 2 fully saturated rings. The van der Waals surface area contributed by atoms with Crippen molar-refractivity contribution in [2.45, 2.75) is 63.8 Å². The normalized spacial score (nSPS) is 20.9. The summed E-state index contributed by atoms with van der Waals surface area (Å²) < 4.78 is 7.62. The predicted molar refractivity (Wildman–Crippen MR) is 139 cm³/mol. The number of fused-ring (bicyclic) bond motifs is 3. The Bertz CT molecular complexity index is 1190. The maximum absolute atomic E-state index is 9.49. The van der Waals surface area contributed by atoms with Gasteiger partial charge in [0.05, 0.1) is 25.5 Å². The number of nitrogens with two attached hydrogens (primary N) is 1. The maximum atomic E-state index is 9.49. The van der Waals surface area contributed by atoms with Crippen molar-refractivity contribution in [3.05, 3.63) is 29.7 Å². The van der Waals surface area contributed by atoms with Crippen LogP contribution >= 0.6 is 0 Å². The number of nitrogens with one attached hydrogen (secondary N) is 1. The Kier molecular flexibility index (Phi) is 7.22. The molecule has 2 bridgehead atoms. The van der Waals surface area contributed by atoms with E-state index in [-0.39, 0.29) is 18.6 Å². The van der Waals surface area contributed by atoms with Crippen LogP contribution in [0.25, 0.3) is 11.0 Å². The lowest BCUT2D eigenvalue weighted by Crippen LogP contribution is -2.44. The van der Waals surface area contributed by atoms with Crippen molar-refractivity contribution in [2.75, 3.05) is 44.9 Å². The van der Waals surface area contributed by atoms with Crippen LogP contribution < -0.4 is 15.8 Å². The zero-order valence-corrected chi connectivity index (χ0v) is 21.4. The van der Waals surface area contributed by atoms with E-state index >= 15 is 0 Å². The van der Waals surface area contributed by atoms with Gasteiger partial charge in [0, 0.05) is 62.2 Å². The van der Waals surface area contributed by atoms with Crippen LogP contribution in [-0.4, -0.2) is 91.6 Å². The Morgan fingerprint density at radius 3 is 2.75 bits per heavy atom. The molecule has 3 aromatic heterocycles. The van der Waals surface area contributed by atoms with Gasteiger partial charge >= 0.3 is 0 Å². The number of aliphatic hydroxyl groups is 1. The minimum atomic E-state index is 0.0805. The Morgan fingerprint density at radius 2 is 2.06 bits per heavy atom. The van der Waals surface area contributed by atoms with Gasteiger partial charge in [-0.05, 0) is 26.3 Å². The van der Waals surface area contributed by atoms with Gasteiger partial charge in [0.2, 0.25) is 5.95 Å². The summed E-state index contributed by atoms with van der Waals surface area (Å²) in [7, 11) is 3.91. The summed E-state index contributed by atoms with van der Waals surface area (Å²) in [5.41, 5.74) is 9.37. The fraction of sp³-hybridized carbons (Fsp3) is 0.600. The molecule has 0 radical (unpaired) electrons. The average Bonchev–Trinajstić information content (AvgIpc) is 3.54. The molecule has 194 valence electrons. The summed E-state index contributed by atoms with van der Waals surface area (Å²) in [6, 6.07) is 3.40. The molecule has 0 aliphatic carbocycles. The Balaban J connectivity index is 1.38. The summed E-state index contributed by atoms with van der Waals surface area (Å²) in [6.45, 7) is 5.75. The van der Waals surface area contributed by atoms with Gasteiger partial charge in [-0.2, -0.15) is 10.1 Å². The van der Waals surface area contributed by atoms with E-state index in [0.717, 1.165) is 55.0 Å². The highest BCUT2D eigenvalue weighted by Crippen LogP contribution is 2.31. The van der Waals surface area contributed by atoms with Gasteiger partial charge < -0.3 is 25.8 Å². The molecular weight excluding hydrogens is 458 g/mol. The first-order chi connectivity index (χ1) is 17.5. The zero-order valence-electron chi connectivity index (χ0n) is 21.4. The average molecular weight is 496 g/mol. The van der Waals surface area contributed by atoms with Crippen molar-refractivity contribution < 1.29 is 9.84 Å². The number of hydrogen-bond donors (Lipinski definition) is 3. The molecule has 5 rings (SSSR count). The Morgan fingerprint density at radius 1 is 1.19 bits per heavy atom. The number of anilines is 2. The van der Waals surface area contributed by atoms with E-state index in [1.807, 2.05) is 16.9 Å². The molecule has 0 saturated carbocycles. The second-order valence-corrected chi connectivity index (χ2v) is 10.0. The van der Waals surface area contributed by atoms with Gasteiger partial charge in [-0.25, -0.2) is 4.98 Å². The second-order valence-electron chi connectivity index (χ2n) is 10.0. The second kappa shape index (κ2) is 10.5. The predicted octanol–water partition coefficient (Wildman–Crippen LogP) is 1.71. The number of ether oxygens (including phenoxy) is 1. The molecule has 5 heterocycles. The molecule has 2 aliphatic rings. The number of piperazine rings is 1. The van der Waals surface area contributed by atoms with Gasteiger partial charge in [-0.1, -0.05) is 13.3 Å². The van der Waals surface area contributed by atoms with Crippen LogP contribution in [0, 0.1) is 0 Å². The monoisotopic (exact) mass is 495 g/mol. The van der Waals surface area contributed by atoms with E-state index in [1.165, 1.54) is 6.42 Å². The standard InChI is InChI=1S/C25H37N9O2/c1-4-5-17(6-7-35)29-24-23-21(30-25(26)31-24)11-28-34(23)12-16-10-27-18(8-22(16)36-3)13-33-15-19-9-20(33)14-32(19)2/h8,10-11,17,19-20,35H,4-7,9,12-15H2,1-3H3,(H3,26,29,30,31)/t17-,19+,20+/m0/s1. The topological polar surface area (TPSA) is 130 Å². The summed E-state index contributed by atoms with van der Waals surface area (Å²) in [5, 5.41) is 17.5. The van der Waals surface area contributed by atoms with E-state index in [1.54, 1.807) is 13.3 Å². The smallest absolute Gasteiger partial charge is 0.222 e. The summed E-state index contributed by atoms with van der Waals surface area (Å²) >= 11 is 0. The zero-order chi connectivity index (χ0) is 25.2. The third kappa shape index (κ3) is 4.95. The number of nitrogens with zero attached hydrogens (tertiary/aromatic N) is 7. The highest BCUT2D eigenvalue weighted by atomic mass is 16.5. The number of nitrogen functional groups attached to an aromatic ring is 1. The number of hydrogen-bond acceptors (Lipinski definition) is 10. The van der Waals surface area contributed by atoms with Crippen LogP contribution in [-0.2, 0) is 13.1 Å². The van der Waals surface area contributed by atoms with Crippen LogP contribution in [0.3, 0.4) is 0 Å². The lowest BCUT2D eigenvalue weighted by Gasteiger charge is -2.31. The number of methoxy groups -OCH3 is 1. The van der Waals surface area contributed by atoms with E-state index in [9.17, 15) is 5.11 Å². The summed E-state index contributed by atoms with van der Waals surface area (Å²) in [4.78, 5) is 18.6. The molecule has 0 aromatic carbocycles. The summed E-state index contributed by atoms with van der Waals surface area (Å²) in [5.74, 6) is 1.61. The van der Waals surface area contributed by atoms with Crippen molar-refractivity contribution >= 4 is 22.8 Å². The molecule has 2 aliphatic heterocycles. The number of likely N-dealkylation sites (N-methyl/N-ethyl adjacent to an activating group) is 1. The SMILES string of the molecule is CCC[C@@H](CCO)Nc1nc(N)nc2cnn(Cc3cnc(CN4C[C@H]5C[C@@H]4CN5C)cc3OC)c12. The van der Waals surface area contributed by atoms with Gasteiger partial charge in [-0.15, -0.1) is 0 Å². The third-order valence-electron chi connectivity index (χ3n) is 7.49. The molecule has 11 heteroatoms.